The highest BCUT2D eigenvalue weighted by atomic mass is 19.1. The minimum Gasteiger partial charge on any atom is -0.306 e. The van der Waals surface area contributed by atoms with Crippen LogP contribution in [-0.4, -0.2) is 0 Å². The van der Waals surface area contributed by atoms with Gasteiger partial charge in [-0.3, -0.25) is 0 Å². The molecular weight excluding hydrogens is 249 g/mol. The first kappa shape index (κ1) is 14.7. The third kappa shape index (κ3) is 3.91. The Balaban J connectivity index is 2.06. The number of rotatable bonds is 6. The molecule has 0 saturated carbocycles. The predicted molar refractivity (Wildman–Crippen MR) is 82.1 cm³/mol. The molecule has 0 aliphatic rings. The second-order valence-corrected chi connectivity index (χ2v) is 5.20. The van der Waals surface area contributed by atoms with E-state index in [4.69, 9.17) is 0 Å². The molecule has 0 fully saturated rings. The third-order valence-electron chi connectivity index (χ3n) is 3.62. The number of aryl methyl sites for hydroxylation is 1. The lowest BCUT2D eigenvalue weighted by Gasteiger charge is -2.19. The van der Waals surface area contributed by atoms with Crippen LogP contribution >= 0.6 is 0 Å². The Labute approximate surface area is 120 Å². The summed E-state index contributed by atoms with van der Waals surface area (Å²) in [6.07, 6.45) is 2.24. The van der Waals surface area contributed by atoms with Crippen LogP contribution in [0.25, 0.3) is 0 Å². The highest BCUT2D eigenvalue weighted by molar-refractivity contribution is 5.27. The molecule has 1 atom stereocenters. The van der Waals surface area contributed by atoms with Crippen LogP contribution in [0.2, 0.25) is 0 Å². The van der Waals surface area contributed by atoms with Crippen molar-refractivity contribution in [2.45, 2.75) is 39.3 Å². The molecule has 0 aliphatic heterocycles. The average Bonchev–Trinajstić information content (AvgIpc) is 2.46. The van der Waals surface area contributed by atoms with E-state index in [1.54, 1.807) is 6.07 Å². The van der Waals surface area contributed by atoms with Gasteiger partial charge in [-0.15, -0.1) is 0 Å². The first-order valence-corrected chi connectivity index (χ1v) is 7.24. The van der Waals surface area contributed by atoms with E-state index in [0.29, 0.717) is 6.04 Å². The molecule has 20 heavy (non-hydrogen) atoms. The molecule has 0 saturated heterocycles. The van der Waals surface area contributed by atoms with Crippen molar-refractivity contribution < 1.29 is 4.39 Å². The van der Waals surface area contributed by atoms with Gasteiger partial charge >= 0.3 is 0 Å². The Hall–Kier alpha value is -1.67. The molecule has 1 unspecified atom stereocenters. The Morgan fingerprint density at radius 2 is 1.85 bits per heavy atom. The van der Waals surface area contributed by atoms with Gasteiger partial charge in [0, 0.05) is 12.6 Å². The zero-order valence-electron chi connectivity index (χ0n) is 12.2. The maximum absolute atomic E-state index is 13.1. The van der Waals surface area contributed by atoms with Gasteiger partial charge in [0.2, 0.25) is 0 Å². The van der Waals surface area contributed by atoms with Gasteiger partial charge in [-0.25, -0.2) is 4.39 Å². The monoisotopic (exact) mass is 271 g/mol. The van der Waals surface area contributed by atoms with Gasteiger partial charge in [0.1, 0.15) is 5.82 Å². The third-order valence-corrected chi connectivity index (χ3v) is 3.62. The fourth-order valence-corrected chi connectivity index (χ4v) is 2.45. The quantitative estimate of drug-likeness (QED) is 0.798. The van der Waals surface area contributed by atoms with Crippen molar-refractivity contribution in [1.29, 1.82) is 0 Å². The maximum Gasteiger partial charge on any atom is 0.123 e. The second kappa shape index (κ2) is 7.20. The Bertz CT molecular complexity index is 536. The van der Waals surface area contributed by atoms with Crippen molar-refractivity contribution >= 4 is 0 Å². The molecular formula is C18H22FN. The molecule has 2 aromatic rings. The summed E-state index contributed by atoms with van der Waals surface area (Å²) >= 11 is 0. The lowest BCUT2D eigenvalue weighted by molar-refractivity contribution is 0.492. The first-order valence-electron chi connectivity index (χ1n) is 7.24. The van der Waals surface area contributed by atoms with Crippen molar-refractivity contribution in [3.8, 4) is 0 Å². The van der Waals surface area contributed by atoms with E-state index in [1.807, 2.05) is 19.1 Å². The van der Waals surface area contributed by atoms with Crippen molar-refractivity contribution in [1.82, 2.24) is 5.32 Å². The van der Waals surface area contributed by atoms with Gasteiger partial charge in [-0.05, 0) is 42.2 Å². The molecule has 0 heterocycles. The Morgan fingerprint density at radius 1 is 1.10 bits per heavy atom. The fraction of sp³-hybridized carbons (Fsp3) is 0.333. The van der Waals surface area contributed by atoms with E-state index < -0.39 is 0 Å². The Kier molecular flexibility index (Phi) is 5.31. The van der Waals surface area contributed by atoms with E-state index in [0.717, 1.165) is 30.5 Å². The minimum absolute atomic E-state index is 0.167. The molecule has 106 valence electrons. The summed E-state index contributed by atoms with van der Waals surface area (Å²) in [7, 11) is 0. The van der Waals surface area contributed by atoms with E-state index in [9.17, 15) is 4.39 Å². The predicted octanol–water partition coefficient (Wildman–Crippen LogP) is 4.77. The summed E-state index contributed by atoms with van der Waals surface area (Å²) in [6.45, 7) is 4.92. The zero-order chi connectivity index (χ0) is 14.4. The molecule has 2 heteroatoms. The van der Waals surface area contributed by atoms with Crippen LogP contribution < -0.4 is 5.32 Å². The highest BCUT2D eigenvalue weighted by Crippen LogP contribution is 2.19. The van der Waals surface area contributed by atoms with Crippen LogP contribution in [0, 0.1) is 12.7 Å². The molecule has 2 rings (SSSR count). The number of benzene rings is 2. The average molecular weight is 271 g/mol. The molecule has 1 N–H and O–H groups in total. The maximum atomic E-state index is 13.1. The van der Waals surface area contributed by atoms with Crippen molar-refractivity contribution in [3.05, 3.63) is 71.0 Å². The van der Waals surface area contributed by atoms with Gasteiger partial charge in [-0.1, -0.05) is 49.7 Å². The highest BCUT2D eigenvalue weighted by Gasteiger charge is 2.10. The lowest BCUT2D eigenvalue weighted by Crippen LogP contribution is -2.21. The van der Waals surface area contributed by atoms with Crippen molar-refractivity contribution in [3.63, 3.8) is 0 Å². The van der Waals surface area contributed by atoms with Crippen LogP contribution in [0.1, 0.15) is 42.5 Å². The van der Waals surface area contributed by atoms with E-state index in [1.165, 1.54) is 11.6 Å². The van der Waals surface area contributed by atoms with E-state index >= 15 is 0 Å². The molecule has 0 radical (unpaired) electrons. The van der Waals surface area contributed by atoms with Crippen LogP contribution in [0.3, 0.4) is 0 Å². The summed E-state index contributed by atoms with van der Waals surface area (Å²) in [5, 5.41) is 3.59. The van der Waals surface area contributed by atoms with E-state index in [2.05, 4.69) is 36.5 Å². The van der Waals surface area contributed by atoms with Crippen molar-refractivity contribution in [2.24, 2.45) is 0 Å². The zero-order valence-corrected chi connectivity index (χ0v) is 12.2. The fourth-order valence-electron chi connectivity index (χ4n) is 2.45. The van der Waals surface area contributed by atoms with E-state index in [-0.39, 0.29) is 5.82 Å². The molecule has 0 bridgehead atoms. The normalized spacial score (nSPS) is 12.3. The Morgan fingerprint density at radius 3 is 2.50 bits per heavy atom. The van der Waals surface area contributed by atoms with Crippen LogP contribution in [-0.2, 0) is 6.54 Å². The van der Waals surface area contributed by atoms with Gasteiger partial charge in [0.05, 0.1) is 0 Å². The smallest absolute Gasteiger partial charge is 0.123 e. The van der Waals surface area contributed by atoms with Crippen LogP contribution in [0.15, 0.2) is 48.5 Å². The van der Waals surface area contributed by atoms with Crippen LogP contribution in [0.4, 0.5) is 4.39 Å². The molecule has 0 aromatic heterocycles. The standard InChI is InChI=1S/C18H22FN/c1-3-7-18(15-8-5-4-6-9-15)20-13-16-10-11-17(19)12-14(16)2/h4-6,8-12,18,20H,3,7,13H2,1-2H3. The summed E-state index contributed by atoms with van der Waals surface area (Å²) in [5.74, 6) is -0.167. The van der Waals surface area contributed by atoms with Gasteiger partial charge in [0.25, 0.3) is 0 Å². The lowest BCUT2D eigenvalue weighted by atomic mass is 10.0. The van der Waals surface area contributed by atoms with Crippen LogP contribution in [0.5, 0.6) is 0 Å². The summed E-state index contributed by atoms with van der Waals surface area (Å²) < 4.78 is 13.1. The molecule has 1 nitrogen and oxygen atoms in total. The largest absolute Gasteiger partial charge is 0.306 e. The second-order valence-electron chi connectivity index (χ2n) is 5.20. The van der Waals surface area contributed by atoms with Crippen molar-refractivity contribution in [2.75, 3.05) is 0 Å². The molecule has 0 amide bonds. The summed E-state index contributed by atoms with van der Waals surface area (Å²) in [4.78, 5) is 0. The number of hydrogen-bond donors (Lipinski definition) is 1. The molecule has 0 spiro atoms. The van der Waals surface area contributed by atoms with Gasteiger partial charge in [0.15, 0.2) is 0 Å². The summed E-state index contributed by atoms with van der Waals surface area (Å²) in [5.41, 5.74) is 3.47. The number of halogens is 1. The first-order chi connectivity index (χ1) is 9.70. The summed E-state index contributed by atoms with van der Waals surface area (Å²) in [6, 6.07) is 15.8. The topological polar surface area (TPSA) is 12.0 Å². The minimum atomic E-state index is -0.167. The molecule has 2 aromatic carbocycles. The van der Waals surface area contributed by atoms with Gasteiger partial charge < -0.3 is 5.32 Å². The number of nitrogens with one attached hydrogen (secondary N) is 1. The van der Waals surface area contributed by atoms with Gasteiger partial charge in [-0.2, -0.15) is 0 Å². The SMILES string of the molecule is CCCC(NCc1ccc(F)cc1C)c1ccccc1. The molecule has 0 aliphatic carbocycles. The number of hydrogen-bond acceptors (Lipinski definition) is 1.